The predicted molar refractivity (Wildman–Crippen MR) is 205 cm³/mol. The van der Waals surface area contributed by atoms with Crippen LogP contribution < -0.4 is 29.7 Å². The van der Waals surface area contributed by atoms with E-state index >= 15 is 4.39 Å². The standard InChI is InChI=1S/C40H50FN7O5/c1-6-8-17-42-38(49)30-12-14-33(35(26-30)51-5)48(40(50)53-37-28(3)10-9-11-29(37)4)36-16-18-43-39(45-36)44-31-13-15-34(32(41)27-31)52-25-24-47-22-20-46(19-7-2)21-23-47/h9-16,18,26-27H,6-8,17,19-25H2,1-5H3,(H,42,49)(H,43,44,45). The number of nitrogens with zero attached hydrogens (tertiary/aromatic N) is 5. The molecule has 0 saturated carbocycles. The van der Waals surface area contributed by atoms with Crippen LogP contribution in [-0.4, -0.2) is 91.3 Å². The number of hydrogen-bond donors (Lipinski definition) is 2. The van der Waals surface area contributed by atoms with Gasteiger partial charge in [0.15, 0.2) is 11.6 Å². The highest BCUT2D eigenvalue weighted by Crippen LogP contribution is 2.36. The summed E-state index contributed by atoms with van der Waals surface area (Å²) in [6.07, 6.45) is 3.66. The number of carbonyl (C=O) groups is 2. The van der Waals surface area contributed by atoms with Gasteiger partial charge in [-0.2, -0.15) is 4.98 Å². The van der Waals surface area contributed by atoms with E-state index < -0.39 is 11.9 Å². The summed E-state index contributed by atoms with van der Waals surface area (Å²) >= 11 is 0. The second-order valence-electron chi connectivity index (χ2n) is 13.0. The Morgan fingerprint density at radius 1 is 0.906 bits per heavy atom. The molecule has 5 rings (SSSR count). The van der Waals surface area contributed by atoms with Gasteiger partial charge in [-0.25, -0.2) is 19.1 Å². The number of aromatic nitrogens is 2. The molecule has 4 aromatic rings. The maximum absolute atomic E-state index is 15.2. The van der Waals surface area contributed by atoms with Crippen LogP contribution in [0.15, 0.2) is 66.9 Å². The number of halogens is 1. The first-order chi connectivity index (χ1) is 25.7. The maximum atomic E-state index is 15.2. The highest BCUT2D eigenvalue weighted by atomic mass is 19.1. The van der Waals surface area contributed by atoms with Gasteiger partial charge in [-0.15, -0.1) is 0 Å². The van der Waals surface area contributed by atoms with Crippen molar-refractivity contribution in [3.8, 4) is 17.2 Å². The molecule has 1 fully saturated rings. The van der Waals surface area contributed by atoms with Crippen LogP contribution in [0.4, 0.5) is 32.3 Å². The molecule has 3 aromatic carbocycles. The average molecular weight is 728 g/mol. The summed E-state index contributed by atoms with van der Waals surface area (Å²) < 4.78 is 32.6. The van der Waals surface area contributed by atoms with E-state index in [0.717, 1.165) is 69.7 Å². The van der Waals surface area contributed by atoms with Crippen LogP contribution in [0.3, 0.4) is 0 Å². The van der Waals surface area contributed by atoms with Gasteiger partial charge in [0.25, 0.3) is 5.91 Å². The summed E-state index contributed by atoms with van der Waals surface area (Å²) in [5, 5.41) is 5.93. The number of benzene rings is 3. The number of methoxy groups -OCH3 is 1. The molecule has 0 spiro atoms. The number of rotatable bonds is 16. The lowest BCUT2D eigenvalue weighted by atomic mass is 10.1. The number of unbranched alkanes of at least 4 members (excludes halogenated alkanes) is 1. The van der Waals surface area contributed by atoms with E-state index in [2.05, 4.69) is 37.3 Å². The fourth-order valence-electron chi connectivity index (χ4n) is 6.09. The summed E-state index contributed by atoms with van der Waals surface area (Å²) in [5.41, 5.74) is 2.59. The zero-order chi connectivity index (χ0) is 37.7. The van der Waals surface area contributed by atoms with Crippen molar-refractivity contribution < 1.29 is 28.2 Å². The van der Waals surface area contributed by atoms with Gasteiger partial charge >= 0.3 is 6.09 Å². The molecule has 1 aromatic heterocycles. The fraction of sp³-hybridized carbons (Fsp3) is 0.400. The summed E-state index contributed by atoms with van der Waals surface area (Å²) in [7, 11) is 1.45. The quantitative estimate of drug-likeness (QED) is 0.114. The zero-order valence-electron chi connectivity index (χ0n) is 31.3. The van der Waals surface area contributed by atoms with Crippen LogP contribution in [0.25, 0.3) is 0 Å². The predicted octanol–water partition coefficient (Wildman–Crippen LogP) is 7.26. The van der Waals surface area contributed by atoms with E-state index in [1.807, 2.05) is 39.0 Å². The lowest BCUT2D eigenvalue weighted by molar-refractivity contribution is 0.0952. The van der Waals surface area contributed by atoms with Crippen molar-refractivity contribution in [3.63, 3.8) is 0 Å². The molecular formula is C40H50FN7O5. The summed E-state index contributed by atoms with van der Waals surface area (Å²) in [5.74, 6) is 0.281. The van der Waals surface area contributed by atoms with E-state index in [9.17, 15) is 9.59 Å². The Morgan fingerprint density at radius 2 is 1.64 bits per heavy atom. The van der Waals surface area contributed by atoms with E-state index in [1.165, 1.54) is 24.3 Å². The Labute approximate surface area is 311 Å². The monoisotopic (exact) mass is 727 g/mol. The molecule has 53 heavy (non-hydrogen) atoms. The van der Waals surface area contributed by atoms with Crippen molar-refractivity contribution >= 4 is 35.1 Å². The first-order valence-corrected chi connectivity index (χ1v) is 18.2. The maximum Gasteiger partial charge on any atom is 0.425 e. The van der Waals surface area contributed by atoms with Gasteiger partial charge in [0, 0.05) is 68.8 Å². The van der Waals surface area contributed by atoms with E-state index in [1.54, 1.807) is 36.4 Å². The second kappa shape index (κ2) is 19.0. The van der Waals surface area contributed by atoms with E-state index in [-0.39, 0.29) is 34.9 Å². The Kier molecular flexibility index (Phi) is 14.0. The highest BCUT2D eigenvalue weighted by Gasteiger charge is 2.27. The summed E-state index contributed by atoms with van der Waals surface area (Å²) in [6, 6.07) is 16.5. The minimum Gasteiger partial charge on any atom is -0.495 e. The van der Waals surface area contributed by atoms with Gasteiger partial charge in [-0.05, 0) is 74.7 Å². The van der Waals surface area contributed by atoms with Crippen molar-refractivity contribution in [1.29, 1.82) is 0 Å². The zero-order valence-corrected chi connectivity index (χ0v) is 31.3. The molecule has 0 unspecified atom stereocenters. The van der Waals surface area contributed by atoms with Crippen LogP contribution >= 0.6 is 0 Å². The molecule has 1 saturated heterocycles. The van der Waals surface area contributed by atoms with Crippen LogP contribution in [-0.2, 0) is 0 Å². The van der Waals surface area contributed by atoms with Crippen LogP contribution in [0, 0.1) is 19.7 Å². The number of carbonyl (C=O) groups excluding carboxylic acids is 2. The molecule has 1 aliphatic heterocycles. The molecule has 12 nitrogen and oxygen atoms in total. The van der Waals surface area contributed by atoms with Crippen molar-refractivity contribution in [2.75, 3.05) is 69.7 Å². The topological polar surface area (TPSA) is 121 Å². The minimum absolute atomic E-state index is 0.105. The third-order valence-electron chi connectivity index (χ3n) is 9.01. The van der Waals surface area contributed by atoms with Gasteiger partial charge in [0.2, 0.25) is 5.95 Å². The molecular weight excluding hydrogens is 677 g/mol. The smallest absolute Gasteiger partial charge is 0.425 e. The molecule has 282 valence electrons. The Balaban J connectivity index is 1.35. The van der Waals surface area contributed by atoms with Crippen LogP contribution in [0.2, 0.25) is 0 Å². The second-order valence-corrected chi connectivity index (χ2v) is 13.0. The third-order valence-corrected chi connectivity index (χ3v) is 9.01. The molecule has 0 aliphatic carbocycles. The third kappa shape index (κ3) is 10.4. The largest absolute Gasteiger partial charge is 0.495 e. The van der Waals surface area contributed by atoms with Crippen molar-refractivity contribution in [2.45, 2.75) is 47.0 Å². The highest BCUT2D eigenvalue weighted by molar-refractivity contribution is 6.00. The lowest BCUT2D eigenvalue weighted by Crippen LogP contribution is -2.47. The van der Waals surface area contributed by atoms with Gasteiger partial charge < -0.3 is 29.7 Å². The number of hydrogen-bond acceptors (Lipinski definition) is 10. The average Bonchev–Trinajstić information content (AvgIpc) is 3.15. The van der Waals surface area contributed by atoms with Crippen molar-refractivity contribution in [1.82, 2.24) is 25.1 Å². The number of ether oxygens (including phenoxy) is 3. The van der Waals surface area contributed by atoms with Crippen LogP contribution in [0.1, 0.15) is 54.6 Å². The van der Waals surface area contributed by atoms with Crippen molar-refractivity contribution in [3.05, 3.63) is 89.4 Å². The lowest BCUT2D eigenvalue weighted by Gasteiger charge is -2.34. The number of anilines is 4. The molecule has 2 N–H and O–H groups in total. The van der Waals surface area contributed by atoms with Gasteiger partial charge in [0.05, 0.1) is 12.8 Å². The normalized spacial score (nSPS) is 13.3. The number of piperazine rings is 1. The number of aryl methyl sites for hydroxylation is 2. The summed E-state index contributed by atoms with van der Waals surface area (Å²) in [4.78, 5) is 41.9. The van der Waals surface area contributed by atoms with Gasteiger partial charge in [0.1, 0.15) is 23.9 Å². The molecule has 0 atom stereocenters. The Hall–Kier alpha value is -5.27. The SMILES string of the molecule is CCCCNC(=O)c1ccc(N(C(=O)Oc2c(C)cccc2C)c2ccnc(Nc3ccc(OCCN4CCN(CCC)CC4)c(F)c3)n2)c(OC)c1. The minimum atomic E-state index is -0.763. The van der Waals surface area contributed by atoms with E-state index in [0.29, 0.717) is 30.2 Å². The first kappa shape index (κ1) is 38.9. The number of nitrogens with one attached hydrogen (secondary N) is 2. The van der Waals surface area contributed by atoms with E-state index in [4.69, 9.17) is 14.2 Å². The fourth-order valence-corrected chi connectivity index (χ4v) is 6.09. The van der Waals surface area contributed by atoms with Crippen LogP contribution in [0.5, 0.6) is 17.2 Å². The summed E-state index contributed by atoms with van der Waals surface area (Å²) in [6.45, 7) is 14.7. The molecule has 0 radical (unpaired) electrons. The first-order valence-electron chi connectivity index (χ1n) is 18.2. The molecule has 2 heterocycles. The molecule has 0 bridgehead atoms. The Bertz CT molecular complexity index is 1830. The number of amides is 2. The van der Waals surface area contributed by atoms with Crippen molar-refractivity contribution in [2.24, 2.45) is 0 Å². The molecule has 13 heteroatoms. The van der Waals surface area contributed by atoms with Gasteiger partial charge in [-0.3, -0.25) is 9.69 Å². The Morgan fingerprint density at radius 3 is 2.32 bits per heavy atom. The number of para-hydroxylation sites is 1. The van der Waals surface area contributed by atoms with Gasteiger partial charge in [-0.1, -0.05) is 38.5 Å². The molecule has 1 aliphatic rings. The molecule has 2 amide bonds.